The number of hydrogen-bond donors (Lipinski definition) is 1. The van der Waals surface area contributed by atoms with Crippen molar-refractivity contribution in [2.75, 3.05) is 18.0 Å². The molecule has 1 aromatic carbocycles. The molecule has 1 fully saturated rings. The van der Waals surface area contributed by atoms with E-state index in [1.807, 2.05) is 13.0 Å². The first kappa shape index (κ1) is 16.9. The van der Waals surface area contributed by atoms with Crippen LogP contribution in [0, 0.1) is 6.92 Å². The molecule has 2 aromatic rings. The van der Waals surface area contributed by atoms with Gasteiger partial charge < -0.3 is 4.90 Å². The maximum atomic E-state index is 12.4. The second kappa shape index (κ2) is 7.27. The van der Waals surface area contributed by atoms with Crippen molar-refractivity contribution in [3.8, 4) is 0 Å². The Morgan fingerprint density at radius 2 is 1.96 bits per heavy atom. The van der Waals surface area contributed by atoms with Crippen LogP contribution in [-0.2, 0) is 16.6 Å². The van der Waals surface area contributed by atoms with Gasteiger partial charge in [0, 0.05) is 19.3 Å². The molecule has 3 rings (SSSR count). The van der Waals surface area contributed by atoms with E-state index in [9.17, 15) is 8.42 Å². The summed E-state index contributed by atoms with van der Waals surface area (Å²) in [5, 5.41) is 0. The van der Waals surface area contributed by atoms with Gasteiger partial charge in [-0.2, -0.15) is 0 Å². The molecule has 1 aromatic heterocycles. The van der Waals surface area contributed by atoms with Crippen LogP contribution in [0.15, 0.2) is 41.4 Å². The molecule has 0 saturated carbocycles. The molecular formula is C17H22N4O2S. The normalized spacial score (nSPS) is 15.5. The number of piperidine rings is 1. The van der Waals surface area contributed by atoms with E-state index in [1.165, 1.54) is 6.42 Å². The molecule has 0 bridgehead atoms. The third kappa shape index (κ3) is 4.10. The van der Waals surface area contributed by atoms with Crippen molar-refractivity contribution >= 4 is 16.0 Å². The first-order valence-electron chi connectivity index (χ1n) is 8.18. The Kier molecular flexibility index (Phi) is 5.11. The van der Waals surface area contributed by atoms with E-state index < -0.39 is 10.0 Å². The summed E-state index contributed by atoms with van der Waals surface area (Å²) in [6.45, 7) is 3.94. The summed E-state index contributed by atoms with van der Waals surface area (Å²) in [4.78, 5) is 11.2. The predicted octanol–water partition coefficient (Wildman–Crippen LogP) is 2.25. The van der Waals surface area contributed by atoms with Gasteiger partial charge in [-0.25, -0.2) is 23.1 Å². The van der Waals surface area contributed by atoms with E-state index in [1.54, 1.807) is 30.5 Å². The Balaban J connectivity index is 1.70. The lowest BCUT2D eigenvalue weighted by atomic mass is 10.1. The Labute approximate surface area is 143 Å². The number of anilines is 1. The van der Waals surface area contributed by atoms with Gasteiger partial charge in [-0.05, 0) is 49.9 Å². The molecule has 0 spiro atoms. The molecule has 6 nitrogen and oxygen atoms in total. The molecule has 0 atom stereocenters. The number of hydrogen-bond acceptors (Lipinski definition) is 5. The molecule has 128 valence electrons. The van der Waals surface area contributed by atoms with Gasteiger partial charge in [0.05, 0.1) is 17.1 Å². The lowest BCUT2D eigenvalue weighted by molar-refractivity contribution is 0.566. The summed E-state index contributed by atoms with van der Waals surface area (Å²) < 4.78 is 27.4. The summed E-state index contributed by atoms with van der Waals surface area (Å²) in [5.74, 6) is 0.682. The highest BCUT2D eigenvalue weighted by molar-refractivity contribution is 7.89. The van der Waals surface area contributed by atoms with Gasteiger partial charge in [0.15, 0.2) is 0 Å². The molecular weight excluding hydrogens is 324 g/mol. The smallest absolute Gasteiger partial charge is 0.240 e. The van der Waals surface area contributed by atoms with E-state index in [0.717, 1.165) is 31.5 Å². The standard InChI is InChI=1S/C17H22N4O2S/c1-14-6-5-7-16(12-14)24(22,23)19-13-15-8-9-18-17(20-15)21-10-3-2-4-11-21/h5-9,12,19H,2-4,10-11,13H2,1H3. The van der Waals surface area contributed by atoms with Crippen LogP contribution in [0.2, 0.25) is 0 Å². The second-order valence-electron chi connectivity index (χ2n) is 6.04. The van der Waals surface area contributed by atoms with Crippen LogP contribution in [0.25, 0.3) is 0 Å². The molecule has 1 aliphatic rings. The van der Waals surface area contributed by atoms with E-state index in [4.69, 9.17) is 0 Å². The van der Waals surface area contributed by atoms with Crippen LogP contribution < -0.4 is 9.62 Å². The number of nitrogens with one attached hydrogen (secondary N) is 1. The molecule has 0 aliphatic carbocycles. The molecule has 0 amide bonds. The van der Waals surface area contributed by atoms with Crippen LogP contribution in [0.4, 0.5) is 5.95 Å². The van der Waals surface area contributed by atoms with Crippen molar-refractivity contribution in [2.45, 2.75) is 37.6 Å². The van der Waals surface area contributed by atoms with Gasteiger partial charge in [-0.1, -0.05) is 12.1 Å². The third-order valence-corrected chi connectivity index (χ3v) is 5.48. The fourth-order valence-electron chi connectivity index (χ4n) is 2.76. The number of rotatable bonds is 5. The molecule has 1 aliphatic heterocycles. The van der Waals surface area contributed by atoms with Crippen molar-refractivity contribution in [3.05, 3.63) is 47.8 Å². The summed E-state index contributed by atoms with van der Waals surface area (Å²) in [6.07, 6.45) is 5.22. The summed E-state index contributed by atoms with van der Waals surface area (Å²) in [6, 6.07) is 8.60. The average molecular weight is 346 g/mol. The fraction of sp³-hybridized carbons (Fsp3) is 0.412. The van der Waals surface area contributed by atoms with Crippen LogP contribution in [0.5, 0.6) is 0 Å². The van der Waals surface area contributed by atoms with Crippen molar-refractivity contribution in [1.29, 1.82) is 0 Å². The van der Waals surface area contributed by atoms with Gasteiger partial charge in [-0.3, -0.25) is 0 Å². The first-order valence-corrected chi connectivity index (χ1v) is 9.66. The molecule has 7 heteroatoms. The molecule has 1 N–H and O–H groups in total. The monoisotopic (exact) mass is 346 g/mol. The SMILES string of the molecule is Cc1cccc(S(=O)(=O)NCc2ccnc(N3CCCCC3)n2)c1. The number of aryl methyl sites for hydroxylation is 1. The van der Waals surface area contributed by atoms with Crippen LogP contribution in [0.3, 0.4) is 0 Å². The summed E-state index contributed by atoms with van der Waals surface area (Å²) in [5.41, 5.74) is 1.58. The molecule has 0 unspecified atom stereocenters. The van der Waals surface area contributed by atoms with Gasteiger partial charge in [0.1, 0.15) is 0 Å². The molecule has 24 heavy (non-hydrogen) atoms. The number of sulfonamides is 1. The van der Waals surface area contributed by atoms with Gasteiger partial charge in [-0.15, -0.1) is 0 Å². The number of nitrogens with zero attached hydrogens (tertiary/aromatic N) is 3. The Bertz CT molecular complexity index is 802. The van der Waals surface area contributed by atoms with Crippen molar-refractivity contribution in [2.24, 2.45) is 0 Å². The molecule has 0 radical (unpaired) electrons. The third-order valence-electron chi connectivity index (χ3n) is 4.08. The van der Waals surface area contributed by atoms with Crippen molar-refractivity contribution < 1.29 is 8.42 Å². The van der Waals surface area contributed by atoms with E-state index in [2.05, 4.69) is 19.6 Å². The van der Waals surface area contributed by atoms with Crippen LogP contribution >= 0.6 is 0 Å². The highest BCUT2D eigenvalue weighted by Gasteiger charge is 2.16. The Morgan fingerprint density at radius 3 is 2.71 bits per heavy atom. The van der Waals surface area contributed by atoms with Gasteiger partial charge in [0.25, 0.3) is 0 Å². The quantitative estimate of drug-likeness (QED) is 0.899. The lowest BCUT2D eigenvalue weighted by Crippen LogP contribution is -2.31. The summed E-state index contributed by atoms with van der Waals surface area (Å²) in [7, 11) is -3.54. The van der Waals surface area contributed by atoms with Crippen molar-refractivity contribution in [3.63, 3.8) is 0 Å². The predicted molar refractivity (Wildman–Crippen MR) is 93.3 cm³/mol. The van der Waals surface area contributed by atoms with Crippen LogP contribution in [-0.4, -0.2) is 31.5 Å². The zero-order valence-electron chi connectivity index (χ0n) is 13.8. The molecule has 1 saturated heterocycles. The maximum Gasteiger partial charge on any atom is 0.240 e. The molecule has 2 heterocycles. The van der Waals surface area contributed by atoms with E-state index in [0.29, 0.717) is 11.6 Å². The highest BCUT2D eigenvalue weighted by atomic mass is 32.2. The second-order valence-corrected chi connectivity index (χ2v) is 7.80. The minimum absolute atomic E-state index is 0.152. The van der Waals surface area contributed by atoms with Crippen LogP contribution in [0.1, 0.15) is 30.5 Å². The number of benzene rings is 1. The van der Waals surface area contributed by atoms with Crippen molar-refractivity contribution in [1.82, 2.24) is 14.7 Å². The highest BCUT2D eigenvalue weighted by Crippen LogP contribution is 2.16. The zero-order chi connectivity index (χ0) is 17.0. The van der Waals surface area contributed by atoms with Gasteiger partial charge in [0.2, 0.25) is 16.0 Å². The first-order chi connectivity index (χ1) is 11.5. The number of aromatic nitrogens is 2. The van der Waals surface area contributed by atoms with Gasteiger partial charge >= 0.3 is 0 Å². The van der Waals surface area contributed by atoms with E-state index >= 15 is 0 Å². The maximum absolute atomic E-state index is 12.4. The largest absolute Gasteiger partial charge is 0.341 e. The summed E-state index contributed by atoms with van der Waals surface area (Å²) >= 11 is 0. The minimum Gasteiger partial charge on any atom is -0.341 e. The minimum atomic E-state index is -3.54. The van der Waals surface area contributed by atoms with E-state index in [-0.39, 0.29) is 11.4 Å². The fourth-order valence-corrected chi connectivity index (χ4v) is 3.87. The zero-order valence-corrected chi connectivity index (χ0v) is 14.6. The topological polar surface area (TPSA) is 75.2 Å². The Hall–Kier alpha value is -1.99. The lowest BCUT2D eigenvalue weighted by Gasteiger charge is -2.26. The Morgan fingerprint density at radius 1 is 1.17 bits per heavy atom. The average Bonchev–Trinajstić information content (AvgIpc) is 2.61.